The van der Waals surface area contributed by atoms with Crippen LogP contribution in [0.1, 0.15) is 0 Å². The summed E-state index contributed by atoms with van der Waals surface area (Å²) in [6, 6.07) is 3.27. The highest BCUT2D eigenvalue weighted by atomic mass is 35.5. The van der Waals surface area contributed by atoms with Crippen LogP contribution in [-0.4, -0.2) is 9.97 Å². The summed E-state index contributed by atoms with van der Waals surface area (Å²) in [5, 5.41) is 1.66. The lowest BCUT2D eigenvalue weighted by Gasteiger charge is -2.03. The molecule has 2 rings (SSSR count). The van der Waals surface area contributed by atoms with Crippen LogP contribution < -0.4 is 0 Å². The molecule has 0 N–H and O–H groups in total. The van der Waals surface area contributed by atoms with E-state index in [9.17, 15) is 0 Å². The van der Waals surface area contributed by atoms with Crippen LogP contribution in [0.25, 0.3) is 10.9 Å². The molecule has 0 saturated carbocycles. The fourth-order valence-corrected chi connectivity index (χ4v) is 2.07. The third-order valence-corrected chi connectivity index (χ3v) is 2.74. The van der Waals surface area contributed by atoms with Crippen molar-refractivity contribution in [2.75, 3.05) is 0 Å². The van der Waals surface area contributed by atoms with Crippen LogP contribution in [0.5, 0.6) is 0 Å². The van der Waals surface area contributed by atoms with Crippen LogP contribution in [0, 0.1) is 0 Å². The Morgan fingerprint density at radius 3 is 2.21 bits per heavy atom. The molecule has 0 bridgehead atoms. The topological polar surface area (TPSA) is 25.8 Å². The number of hydrogen-bond donors (Lipinski definition) is 0. The quantitative estimate of drug-likeness (QED) is 0.527. The van der Waals surface area contributed by atoms with E-state index in [0.29, 0.717) is 20.9 Å². The normalized spacial score (nSPS) is 10.9. The highest BCUT2D eigenvalue weighted by Crippen LogP contribution is 2.33. The van der Waals surface area contributed by atoms with Gasteiger partial charge in [0.05, 0.1) is 20.9 Å². The second kappa shape index (κ2) is 3.70. The summed E-state index contributed by atoms with van der Waals surface area (Å²) in [6.45, 7) is 0. The fourth-order valence-electron chi connectivity index (χ4n) is 1.10. The van der Waals surface area contributed by atoms with Gasteiger partial charge in [-0.25, -0.2) is 9.97 Å². The summed E-state index contributed by atoms with van der Waals surface area (Å²) in [5.74, 6) is 0. The molecule has 0 fully saturated rings. The predicted octanol–water partition coefficient (Wildman–Crippen LogP) is 4.24. The molecule has 14 heavy (non-hydrogen) atoms. The lowest BCUT2D eigenvalue weighted by Crippen LogP contribution is -1.88. The highest BCUT2D eigenvalue weighted by Gasteiger charge is 2.11. The summed E-state index contributed by atoms with van der Waals surface area (Å²) in [4.78, 5) is 7.73. The van der Waals surface area contributed by atoms with Gasteiger partial charge in [-0.3, -0.25) is 0 Å². The van der Waals surface area contributed by atoms with Crippen LogP contribution in [0.3, 0.4) is 0 Å². The van der Waals surface area contributed by atoms with E-state index in [4.69, 9.17) is 46.4 Å². The van der Waals surface area contributed by atoms with E-state index < -0.39 is 0 Å². The summed E-state index contributed by atoms with van der Waals surface area (Å²) >= 11 is 23.3. The van der Waals surface area contributed by atoms with E-state index >= 15 is 0 Å². The van der Waals surface area contributed by atoms with E-state index in [2.05, 4.69) is 9.97 Å². The monoisotopic (exact) mass is 266 g/mol. The lowest BCUT2D eigenvalue weighted by molar-refractivity contribution is 1.22. The van der Waals surface area contributed by atoms with Gasteiger partial charge in [0, 0.05) is 0 Å². The first-order valence-corrected chi connectivity index (χ1v) is 5.07. The third-order valence-electron chi connectivity index (χ3n) is 1.68. The van der Waals surface area contributed by atoms with Gasteiger partial charge in [-0.1, -0.05) is 34.8 Å². The van der Waals surface area contributed by atoms with E-state index in [-0.39, 0.29) is 10.4 Å². The summed E-state index contributed by atoms with van der Waals surface area (Å²) < 4.78 is 0. The molecule has 0 radical (unpaired) electrons. The first-order chi connectivity index (χ1) is 6.59. The second-order valence-corrected chi connectivity index (χ2v) is 4.05. The molecule has 0 spiro atoms. The van der Waals surface area contributed by atoms with E-state index in [0.717, 1.165) is 0 Å². The Kier molecular flexibility index (Phi) is 2.71. The van der Waals surface area contributed by atoms with Crippen molar-refractivity contribution in [3.63, 3.8) is 0 Å². The van der Waals surface area contributed by atoms with E-state index in [1.165, 1.54) is 0 Å². The van der Waals surface area contributed by atoms with Crippen LogP contribution in [0.15, 0.2) is 12.1 Å². The molecule has 72 valence electrons. The number of hydrogen-bond acceptors (Lipinski definition) is 2. The third kappa shape index (κ3) is 1.63. The lowest BCUT2D eigenvalue weighted by atomic mass is 10.2. The van der Waals surface area contributed by atoms with Gasteiger partial charge in [0.15, 0.2) is 0 Å². The van der Waals surface area contributed by atoms with Crippen molar-refractivity contribution in [1.82, 2.24) is 9.97 Å². The van der Waals surface area contributed by atoms with Crippen LogP contribution >= 0.6 is 46.4 Å². The average molecular weight is 268 g/mol. The minimum absolute atomic E-state index is 0.0478. The Hall–Kier alpha value is -0.280. The van der Waals surface area contributed by atoms with Crippen LogP contribution in [0.4, 0.5) is 0 Å². The van der Waals surface area contributed by atoms with Gasteiger partial charge in [0.25, 0.3) is 0 Å². The number of nitrogens with zero attached hydrogens (tertiary/aromatic N) is 2. The number of fused-ring (bicyclic) bond motifs is 1. The van der Waals surface area contributed by atoms with Gasteiger partial charge in [0.1, 0.15) is 5.15 Å². The number of benzene rings is 1. The average Bonchev–Trinajstić information content (AvgIpc) is 2.10. The first-order valence-electron chi connectivity index (χ1n) is 3.56. The number of rotatable bonds is 0. The van der Waals surface area contributed by atoms with Crippen molar-refractivity contribution in [3.05, 3.63) is 32.6 Å². The molecule has 0 unspecified atom stereocenters. The van der Waals surface area contributed by atoms with Crippen molar-refractivity contribution in [2.24, 2.45) is 0 Å². The Morgan fingerprint density at radius 1 is 0.857 bits per heavy atom. The minimum atomic E-state index is 0.0478. The maximum absolute atomic E-state index is 5.92. The zero-order chi connectivity index (χ0) is 10.3. The molecule has 6 heteroatoms. The van der Waals surface area contributed by atoms with Gasteiger partial charge in [0.2, 0.25) is 5.28 Å². The largest absolute Gasteiger partial charge is 0.224 e. The molecule has 0 aliphatic rings. The molecule has 2 aromatic rings. The first kappa shape index (κ1) is 10.2. The van der Waals surface area contributed by atoms with Crippen molar-refractivity contribution in [2.45, 2.75) is 0 Å². The van der Waals surface area contributed by atoms with E-state index in [1.54, 1.807) is 12.1 Å². The van der Waals surface area contributed by atoms with Gasteiger partial charge in [-0.15, -0.1) is 0 Å². The van der Waals surface area contributed by atoms with Crippen molar-refractivity contribution >= 4 is 57.3 Å². The Balaban J connectivity index is 3.00. The summed E-state index contributed by atoms with van der Waals surface area (Å²) in [6.07, 6.45) is 0. The molecule has 0 aliphatic heterocycles. The van der Waals surface area contributed by atoms with Crippen molar-refractivity contribution in [3.8, 4) is 0 Å². The maximum Gasteiger partial charge on any atom is 0.224 e. The molecule has 1 heterocycles. The molecule has 1 aromatic heterocycles. The summed E-state index contributed by atoms with van der Waals surface area (Å²) in [5.41, 5.74) is 0.462. The molecule has 0 amide bonds. The molecule has 0 atom stereocenters. The fraction of sp³-hybridized carbons (Fsp3) is 0. The summed E-state index contributed by atoms with van der Waals surface area (Å²) in [7, 11) is 0. The zero-order valence-corrected chi connectivity index (χ0v) is 9.58. The zero-order valence-electron chi connectivity index (χ0n) is 6.56. The minimum Gasteiger partial charge on any atom is -0.216 e. The Bertz CT molecular complexity index is 512. The van der Waals surface area contributed by atoms with Gasteiger partial charge < -0.3 is 0 Å². The van der Waals surface area contributed by atoms with Gasteiger partial charge in [-0.05, 0) is 23.7 Å². The SMILES string of the molecule is Clc1nc(Cl)c2c(Cl)ccc(Cl)c2n1. The second-order valence-electron chi connectivity index (χ2n) is 2.54. The smallest absolute Gasteiger partial charge is 0.216 e. The molecule has 0 saturated heterocycles. The number of aromatic nitrogens is 2. The number of halogens is 4. The van der Waals surface area contributed by atoms with Crippen LogP contribution in [-0.2, 0) is 0 Å². The van der Waals surface area contributed by atoms with Crippen molar-refractivity contribution < 1.29 is 0 Å². The molecule has 2 nitrogen and oxygen atoms in total. The van der Waals surface area contributed by atoms with Gasteiger partial charge in [-0.2, -0.15) is 0 Å². The van der Waals surface area contributed by atoms with Crippen molar-refractivity contribution in [1.29, 1.82) is 0 Å². The highest BCUT2D eigenvalue weighted by molar-refractivity contribution is 6.44. The standard InChI is InChI=1S/C8H2Cl4N2/c9-3-1-2-4(10)6-5(3)7(11)14-8(12)13-6/h1-2H. The van der Waals surface area contributed by atoms with Crippen LogP contribution in [0.2, 0.25) is 20.5 Å². The molecular weight excluding hydrogens is 266 g/mol. The molecular formula is C8H2Cl4N2. The van der Waals surface area contributed by atoms with Gasteiger partial charge >= 0.3 is 0 Å². The maximum atomic E-state index is 5.92. The Labute approximate surface area is 99.8 Å². The Morgan fingerprint density at radius 2 is 1.50 bits per heavy atom. The van der Waals surface area contributed by atoms with E-state index in [1.807, 2.05) is 0 Å². The predicted molar refractivity (Wildman–Crippen MR) is 59.6 cm³/mol. The molecule has 1 aromatic carbocycles. The molecule has 0 aliphatic carbocycles.